The summed E-state index contributed by atoms with van der Waals surface area (Å²) in [6.07, 6.45) is 0.458. The number of rotatable bonds is 5. The Balaban J connectivity index is 3.48. The number of nitrogen functional groups attached to an aromatic ring is 1. The summed E-state index contributed by atoms with van der Waals surface area (Å²) in [5.41, 5.74) is 10.9. The quantitative estimate of drug-likeness (QED) is 0.760. The SMILES string of the molecule is CCCS(=O)(=O)c1cc(C(N)=O)c(OC)cc1N. The van der Waals surface area contributed by atoms with E-state index < -0.39 is 15.7 Å². The molecule has 18 heavy (non-hydrogen) atoms. The molecule has 7 heteroatoms. The minimum atomic E-state index is -3.51. The number of amides is 1. The predicted molar refractivity (Wildman–Crippen MR) is 68.3 cm³/mol. The van der Waals surface area contributed by atoms with E-state index in [1.165, 1.54) is 19.2 Å². The van der Waals surface area contributed by atoms with Gasteiger partial charge in [-0.1, -0.05) is 6.92 Å². The Labute approximate surface area is 106 Å². The molecule has 0 atom stereocenters. The normalized spacial score (nSPS) is 11.2. The van der Waals surface area contributed by atoms with Crippen molar-refractivity contribution in [1.29, 1.82) is 0 Å². The number of ether oxygens (including phenoxy) is 1. The number of hydrogen-bond donors (Lipinski definition) is 2. The fraction of sp³-hybridized carbons (Fsp3) is 0.364. The first-order valence-electron chi connectivity index (χ1n) is 5.33. The van der Waals surface area contributed by atoms with E-state index in [0.29, 0.717) is 6.42 Å². The average molecular weight is 272 g/mol. The third kappa shape index (κ3) is 2.73. The van der Waals surface area contributed by atoms with Crippen LogP contribution in [0.2, 0.25) is 0 Å². The van der Waals surface area contributed by atoms with Crippen LogP contribution < -0.4 is 16.2 Å². The molecule has 1 aromatic carbocycles. The van der Waals surface area contributed by atoms with Gasteiger partial charge in [0, 0.05) is 6.07 Å². The topological polar surface area (TPSA) is 112 Å². The van der Waals surface area contributed by atoms with Crippen molar-refractivity contribution in [1.82, 2.24) is 0 Å². The average Bonchev–Trinajstić information content (AvgIpc) is 2.27. The van der Waals surface area contributed by atoms with Crippen LogP contribution in [0.25, 0.3) is 0 Å². The highest BCUT2D eigenvalue weighted by Gasteiger charge is 2.21. The predicted octanol–water partition coefficient (Wildman–Crippen LogP) is 0.560. The molecule has 0 heterocycles. The summed E-state index contributed by atoms with van der Waals surface area (Å²) in [6.45, 7) is 1.74. The van der Waals surface area contributed by atoms with Crippen LogP contribution in [0.15, 0.2) is 17.0 Å². The zero-order chi connectivity index (χ0) is 13.9. The second-order valence-electron chi connectivity index (χ2n) is 3.77. The van der Waals surface area contributed by atoms with Crippen LogP contribution in [0.4, 0.5) is 5.69 Å². The number of primary amides is 1. The fourth-order valence-corrected chi connectivity index (χ4v) is 3.06. The van der Waals surface area contributed by atoms with Crippen LogP contribution in [-0.4, -0.2) is 27.2 Å². The molecule has 0 aliphatic carbocycles. The van der Waals surface area contributed by atoms with Crippen LogP contribution in [-0.2, 0) is 9.84 Å². The summed E-state index contributed by atoms with van der Waals surface area (Å²) in [4.78, 5) is 11.2. The maximum Gasteiger partial charge on any atom is 0.252 e. The zero-order valence-corrected chi connectivity index (χ0v) is 11.1. The summed E-state index contributed by atoms with van der Waals surface area (Å²) in [7, 11) is -2.16. The molecule has 6 nitrogen and oxygen atoms in total. The third-order valence-electron chi connectivity index (χ3n) is 2.41. The molecule has 1 rings (SSSR count). The fourth-order valence-electron chi connectivity index (χ4n) is 1.59. The summed E-state index contributed by atoms with van der Waals surface area (Å²) in [5, 5.41) is 0. The molecule has 0 saturated carbocycles. The molecule has 1 amide bonds. The highest BCUT2D eigenvalue weighted by molar-refractivity contribution is 7.91. The van der Waals surface area contributed by atoms with Gasteiger partial charge in [-0.3, -0.25) is 4.79 Å². The number of carbonyl (C=O) groups is 1. The second kappa shape index (κ2) is 5.26. The molecular formula is C11H16N2O4S. The van der Waals surface area contributed by atoms with E-state index in [4.69, 9.17) is 16.2 Å². The lowest BCUT2D eigenvalue weighted by molar-refractivity contribution is 0.0997. The van der Waals surface area contributed by atoms with Crippen LogP contribution in [0, 0.1) is 0 Å². The van der Waals surface area contributed by atoms with Crippen molar-refractivity contribution < 1.29 is 17.9 Å². The Morgan fingerprint density at radius 3 is 2.44 bits per heavy atom. The van der Waals surface area contributed by atoms with Crippen molar-refractivity contribution in [2.45, 2.75) is 18.2 Å². The van der Waals surface area contributed by atoms with E-state index in [-0.39, 0.29) is 27.6 Å². The van der Waals surface area contributed by atoms with Gasteiger partial charge in [-0.2, -0.15) is 0 Å². The first-order chi connectivity index (χ1) is 8.33. The van der Waals surface area contributed by atoms with Crippen molar-refractivity contribution in [2.24, 2.45) is 5.73 Å². The van der Waals surface area contributed by atoms with Gasteiger partial charge < -0.3 is 16.2 Å². The van der Waals surface area contributed by atoms with Gasteiger partial charge in [-0.15, -0.1) is 0 Å². The van der Waals surface area contributed by atoms with Crippen molar-refractivity contribution >= 4 is 21.4 Å². The molecule has 0 saturated heterocycles. The summed E-state index contributed by atoms with van der Waals surface area (Å²) in [6, 6.07) is 2.46. The Morgan fingerprint density at radius 1 is 1.39 bits per heavy atom. The number of benzene rings is 1. The smallest absolute Gasteiger partial charge is 0.252 e. The zero-order valence-electron chi connectivity index (χ0n) is 10.3. The Kier molecular flexibility index (Phi) is 4.18. The second-order valence-corrected chi connectivity index (χ2v) is 5.85. The minimum absolute atomic E-state index is 0.00128. The van der Waals surface area contributed by atoms with E-state index in [2.05, 4.69) is 0 Å². The van der Waals surface area contributed by atoms with Crippen molar-refractivity contribution in [3.8, 4) is 5.75 Å². The number of methoxy groups -OCH3 is 1. The molecule has 0 radical (unpaired) electrons. The Morgan fingerprint density at radius 2 is 2.00 bits per heavy atom. The molecular weight excluding hydrogens is 256 g/mol. The van der Waals surface area contributed by atoms with Crippen molar-refractivity contribution in [3.63, 3.8) is 0 Å². The van der Waals surface area contributed by atoms with Crippen LogP contribution in [0.1, 0.15) is 23.7 Å². The van der Waals surface area contributed by atoms with Crippen molar-refractivity contribution in [3.05, 3.63) is 17.7 Å². The van der Waals surface area contributed by atoms with Gasteiger partial charge in [0.2, 0.25) is 0 Å². The van der Waals surface area contributed by atoms with Gasteiger partial charge in [0.15, 0.2) is 9.84 Å². The molecule has 0 fully saturated rings. The number of anilines is 1. The Hall–Kier alpha value is -1.76. The standard InChI is InChI=1S/C11H16N2O4S/c1-3-4-18(15,16)10-5-7(11(13)14)9(17-2)6-8(10)12/h5-6H,3-4,12H2,1-2H3,(H2,13,14). The molecule has 4 N–H and O–H groups in total. The van der Waals surface area contributed by atoms with Crippen LogP contribution in [0.3, 0.4) is 0 Å². The Bertz CT molecular complexity index is 567. The number of hydrogen-bond acceptors (Lipinski definition) is 5. The highest BCUT2D eigenvalue weighted by atomic mass is 32.2. The number of sulfone groups is 1. The summed E-state index contributed by atoms with van der Waals surface area (Å²) < 4.78 is 28.8. The molecule has 0 unspecified atom stereocenters. The van der Waals surface area contributed by atoms with E-state index in [9.17, 15) is 13.2 Å². The van der Waals surface area contributed by atoms with Gasteiger partial charge in [0.25, 0.3) is 5.91 Å². The first-order valence-corrected chi connectivity index (χ1v) is 6.98. The molecule has 100 valence electrons. The largest absolute Gasteiger partial charge is 0.496 e. The molecule has 1 aromatic rings. The maximum atomic E-state index is 12.0. The molecule has 0 bridgehead atoms. The maximum absolute atomic E-state index is 12.0. The van der Waals surface area contributed by atoms with Gasteiger partial charge in [-0.05, 0) is 12.5 Å². The molecule has 0 aliphatic heterocycles. The van der Waals surface area contributed by atoms with E-state index in [1.54, 1.807) is 6.92 Å². The summed E-state index contributed by atoms with van der Waals surface area (Å²) in [5.74, 6) is -0.642. The summed E-state index contributed by atoms with van der Waals surface area (Å²) >= 11 is 0. The van der Waals surface area contributed by atoms with E-state index in [1.807, 2.05) is 0 Å². The van der Waals surface area contributed by atoms with Gasteiger partial charge >= 0.3 is 0 Å². The van der Waals surface area contributed by atoms with Crippen LogP contribution >= 0.6 is 0 Å². The van der Waals surface area contributed by atoms with E-state index in [0.717, 1.165) is 0 Å². The molecule has 0 aliphatic rings. The van der Waals surface area contributed by atoms with E-state index >= 15 is 0 Å². The molecule has 0 spiro atoms. The highest BCUT2D eigenvalue weighted by Crippen LogP contribution is 2.29. The number of nitrogens with two attached hydrogens (primary N) is 2. The van der Waals surface area contributed by atoms with Gasteiger partial charge in [0.1, 0.15) is 5.75 Å². The monoisotopic (exact) mass is 272 g/mol. The number of carbonyl (C=O) groups excluding carboxylic acids is 1. The third-order valence-corrected chi connectivity index (χ3v) is 4.37. The lowest BCUT2D eigenvalue weighted by Gasteiger charge is -2.11. The molecule has 0 aromatic heterocycles. The lowest BCUT2D eigenvalue weighted by atomic mass is 10.1. The lowest BCUT2D eigenvalue weighted by Crippen LogP contribution is -2.16. The van der Waals surface area contributed by atoms with Crippen molar-refractivity contribution in [2.75, 3.05) is 18.6 Å². The van der Waals surface area contributed by atoms with Gasteiger partial charge in [-0.25, -0.2) is 8.42 Å². The van der Waals surface area contributed by atoms with Crippen LogP contribution in [0.5, 0.6) is 5.75 Å². The van der Waals surface area contributed by atoms with Gasteiger partial charge in [0.05, 0.1) is 29.0 Å². The minimum Gasteiger partial charge on any atom is -0.496 e. The first kappa shape index (κ1) is 14.3.